The molecule has 8 nitrogen and oxygen atoms in total. The number of anilines is 3. The number of nitrogen functional groups attached to an aromatic ring is 1. The maximum absolute atomic E-state index is 5.85. The molecule has 1 aliphatic heterocycles. The Balaban J connectivity index is 2.24. The van der Waals surface area contributed by atoms with Crippen molar-refractivity contribution in [2.24, 2.45) is 0 Å². The lowest BCUT2D eigenvalue weighted by atomic mass is 10.3. The summed E-state index contributed by atoms with van der Waals surface area (Å²) >= 11 is 0. The number of nitrogens with two attached hydrogens (primary N) is 1. The first-order valence-electron chi connectivity index (χ1n) is 7.25. The van der Waals surface area contributed by atoms with E-state index in [0.29, 0.717) is 31.7 Å². The standard InChI is InChI=1S/C13H24N6O2/c1-4-19(10(2)9-20-3)13-16-11(14)15-12(17-13)18-5-7-21-8-6-18/h10H,4-9H2,1-3H3,(H2,14,15,16,17). The van der Waals surface area contributed by atoms with Gasteiger partial charge in [0, 0.05) is 26.7 Å². The SMILES string of the molecule is CCN(c1nc(N)nc(N2CCOCC2)n1)C(C)COC. The highest BCUT2D eigenvalue weighted by Gasteiger charge is 2.20. The van der Waals surface area contributed by atoms with Gasteiger partial charge in [-0.25, -0.2) is 0 Å². The van der Waals surface area contributed by atoms with Crippen LogP contribution in [0.5, 0.6) is 0 Å². The molecule has 21 heavy (non-hydrogen) atoms. The Labute approximate surface area is 125 Å². The third kappa shape index (κ3) is 3.92. The minimum absolute atomic E-state index is 0.166. The molecule has 0 aromatic carbocycles. The Bertz CT molecular complexity index is 452. The summed E-state index contributed by atoms with van der Waals surface area (Å²) in [5.74, 6) is 1.45. The van der Waals surface area contributed by atoms with Gasteiger partial charge in [0.1, 0.15) is 0 Å². The van der Waals surface area contributed by atoms with Crippen molar-refractivity contribution in [2.75, 3.05) is 62.1 Å². The Morgan fingerprint density at radius 1 is 1.33 bits per heavy atom. The second kappa shape index (κ2) is 7.37. The van der Waals surface area contributed by atoms with Gasteiger partial charge >= 0.3 is 0 Å². The smallest absolute Gasteiger partial charge is 0.232 e. The van der Waals surface area contributed by atoms with Crippen LogP contribution in [0.1, 0.15) is 13.8 Å². The van der Waals surface area contributed by atoms with Crippen LogP contribution in [0.3, 0.4) is 0 Å². The minimum atomic E-state index is 0.166. The zero-order chi connectivity index (χ0) is 15.2. The molecule has 8 heteroatoms. The van der Waals surface area contributed by atoms with Crippen LogP contribution >= 0.6 is 0 Å². The third-order valence-electron chi connectivity index (χ3n) is 3.46. The van der Waals surface area contributed by atoms with Gasteiger partial charge in [-0.05, 0) is 13.8 Å². The van der Waals surface area contributed by atoms with Crippen molar-refractivity contribution in [2.45, 2.75) is 19.9 Å². The van der Waals surface area contributed by atoms with Crippen molar-refractivity contribution in [3.05, 3.63) is 0 Å². The second-order valence-electron chi connectivity index (χ2n) is 4.98. The molecular weight excluding hydrogens is 272 g/mol. The van der Waals surface area contributed by atoms with Crippen LogP contribution in [0.25, 0.3) is 0 Å². The molecule has 0 saturated carbocycles. The first kappa shape index (κ1) is 15.7. The lowest BCUT2D eigenvalue weighted by Gasteiger charge is -2.30. The monoisotopic (exact) mass is 296 g/mol. The molecule has 2 rings (SSSR count). The van der Waals surface area contributed by atoms with Crippen LogP contribution in [0.4, 0.5) is 17.8 Å². The maximum atomic E-state index is 5.85. The van der Waals surface area contributed by atoms with Gasteiger partial charge in [0.2, 0.25) is 17.8 Å². The van der Waals surface area contributed by atoms with E-state index in [4.69, 9.17) is 15.2 Å². The van der Waals surface area contributed by atoms with Crippen molar-refractivity contribution in [1.29, 1.82) is 0 Å². The predicted molar refractivity (Wildman–Crippen MR) is 81.6 cm³/mol. The molecule has 1 unspecified atom stereocenters. The quantitative estimate of drug-likeness (QED) is 0.793. The summed E-state index contributed by atoms with van der Waals surface area (Å²) in [5.41, 5.74) is 5.85. The molecule has 2 N–H and O–H groups in total. The van der Waals surface area contributed by atoms with Crippen molar-refractivity contribution in [1.82, 2.24) is 15.0 Å². The molecule has 0 radical (unpaired) electrons. The molecule has 1 atom stereocenters. The molecular formula is C13H24N6O2. The Morgan fingerprint density at radius 3 is 2.67 bits per heavy atom. The number of ether oxygens (including phenoxy) is 2. The summed E-state index contributed by atoms with van der Waals surface area (Å²) in [6, 6.07) is 0.166. The third-order valence-corrected chi connectivity index (χ3v) is 3.46. The highest BCUT2D eigenvalue weighted by atomic mass is 16.5. The van der Waals surface area contributed by atoms with Crippen LogP contribution in [-0.4, -0.2) is 67.6 Å². The van der Waals surface area contributed by atoms with E-state index in [1.54, 1.807) is 7.11 Å². The minimum Gasteiger partial charge on any atom is -0.383 e. The normalized spacial score (nSPS) is 16.8. The summed E-state index contributed by atoms with van der Waals surface area (Å²) in [7, 11) is 1.69. The number of likely N-dealkylation sites (N-methyl/N-ethyl adjacent to an activating group) is 1. The van der Waals surface area contributed by atoms with E-state index in [1.165, 1.54) is 0 Å². The molecule has 118 valence electrons. The van der Waals surface area contributed by atoms with Crippen LogP contribution in [0.2, 0.25) is 0 Å². The van der Waals surface area contributed by atoms with Gasteiger partial charge in [-0.1, -0.05) is 0 Å². The molecule has 1 aromatic rings. The Hall–Kier alpha value is -1.67. The predicted octanol–water partition coefficient (Wildman–Crippen LogP) is 0.152. The van der Waals surface area contributed by atoms with Gasteiger partial charge in [-0.2, -0.15) is 15.0 Å². The maximum Gasteiger partial charge on any atom is 0.232 e. The lowest BCUT2D eigenvalue weighted by molar-refractivity contribution is 0.122. The molecule has 1 saturated heterocycles. The van der Waals surface area contributed by atoms with E-state index < -0.39 is 0 Å². The van der Waals surface area contributed by atoms with Gasteiger partial charge in [-0.15, -0.1) is 0 Å². The molecule has 1 fully saturated rings. The molecule has 0 spiro atoms. The zero-order valence-corrected chi connectivity index (χ0v) is 12.9. The number of aromatic nitrogens is 3. The fraction of sp³-hybridized carbons (Fsp3) is 0.769. The molecule has 1 aromatic heterocycles. The van der Waals surface area contributed by atoms with Crippen molar-refractivity contribution < 1.29 is 9.47 Å². The number of nitrogens with zero attached hydrogens (tertiary/aromatic N) is 5. The van der Waals surface area contributed by atoms with Crippen molar-refractivity contribution >= 4 is 17.8 Å². The van der Waals surface area contributed by atoms with E-state index in [2.05, 4.69) is 38.6 Å². The molecule has 1 aliphatic rings. The van der Waals surface area contributed by atoms with Crippen LogP contribution in [0, 0.1) is 0 Å². The first-order chi connectivity index (χ1) is 10.2. The largest absolute Gasteiger partial charge is 0.383 e. The second-order valence-corrected chi connectivity index (χ2v) is 4.98. The van der Waals surface area contributed by atoms with Gasteiger partial charge in [-0.3, -0.25) is 0 Å². The number of rotatable bonds is 6. The summed E-state index contributed by atoms with van der Waals surface area (Å²) in [5, 5.41) is 0. The van der Waals surface area contributed by atoms with E-state index in [9.17, 15) is 0 Å². The van der Waals surface area contributed by atoms with Crippen molar-refractivity contribution in [3.8, 4) is 0 Å². The number of methoxy groups -OCH3 is 1. The Kier molecular flexibility index (Phi) is 5.51. The fourth-order valence-corrected chi connectivity index (χ4v) is 2.38. The summed E-state index contributed by atoms with van der Waals surface area (Å²) < 4.78 is 10.6. The first-order valence-corrected chi connectivity index (χ1v) is 7.25. The van der Waals surface area contributed by atoms with Gasteiger partial charge in [0.05, 0.1) is 25.9 Å². The topological polar surface area (TPSA) is 89.6 Å². The fourth-order valence-electron chi connectivity index (χ4n) is 2.38. The van der Waals surface area contributed by atoms with Gasteiger partial charge < -0.3 is 25.0 Å². The number of hydrogen-bond acceptors (Lipinski definition) is 8. The molecule has 0 bridgehead atoms. The molecule has 2 heterocycles. The van der Waals surface area contributed by atoms with Crippen LogP contribution in [0.15, 0.2) is 0 Å². The van der Waals surface area contributed by atoms with Gasteiger partial charge in [0.25, 0.3) is 0 Å². The summed E-state index contributed by atoms with van der Waals surface area (Å²) in [6.45, 7) is 8.40. The Morgan fingerprint density at radius 2 is 2.05 bits per heavy atom. The van der Waals surface area contributed by atoms with Gasteiger partial charge in [0.15, 0.2) is 0 Å². The average molecular weight is 296 g/mol. The zero-order valence-electron chi connectivity index (χ0n) is 12.9. The van der Waals surface area contributed by atoms with E-state index in [-0.39, 0.29) is 12.0 Å². The van der Waals surface area contributed by atoms with Crippen molar-refractivity contribution in [3.63, 3.8) is 0 Å². The lowest BCUT2D eigenvalue weighted by Crippen LogP contribution is -2.40. The van der Waals surface area contributed by atoms with E-state index in [0.717, 1.165) is 19.6 Å². The van der Waals surface area contributed by atoms with E-state index >= 15 is 0 Å². The number of morpholine rings is 1. The van der Waals surface area contributed by atoms with Crippen LogP contribution in [-0.2, 0) is 9.47 Å². The summed E-state index contributed by atoms with van der Waals surface area (Å²) in [6.07, 6.45) is 0. The van der Waals surface area contributed by atoms with Crippen LogP contribution < -0.4 is 15.5 Å². The summed E-state index contributed by atoms with van der Waals surface area (Å²) in [4.78, 5) is 17.2. The van der Waals surface area contributed by atoms with E-state index in [1.807, 2.05) is 0 Å². The highest BCUT2D eigenvalue weighted by Crippen LogP contribution is 2.18. The highest BCUT2D eigenvalue weighted by molar-refractivity contribution is 5.44. The average Bonchev–Trinajstić information content (AvgIpc) is 2.48. The molecule has 0 amide bonds. The molecule has 0 aliphatic carbocycles. The number of hydrogen-bond donors (Lipinski definition) is 1.